The van der Waals surface area contributed by atoms with E-state index in [0.29, 0.717) is 13.1 Å². The van der Waals surface area contributed by atoms with Crippen LogP contribution in [-0.2, 0) is 6.42 Å². The van der Waals surface area contributed by atoms with Gasteiger partial charge in [0.25, 0.3) is 0 Å². The van der Waals surface area contributed by atoms with Gasteiger partial charge in [0.05, 0.1) is 13.2 Å². The third kappa shape index (κ3) is 3.86. The highest BCUT2D eigenvalue weighted by atomic mass is 16.5. The van der Waals surface area contributed by atoms with Crippen molar-refractivity contribution < 1.29 is 9.84 Å². The third-order valence-corrected chi connectivity index (χ3v) is 2.92. The summed E-state index contributed by atoms with van der Waals surface area (Å²) in [6, 6.07) is 8.10. The topological polar surface area (TPSA) is 65.9 Å². The number of para-hydroxylation sites is 1. The van der Waals surface area contributed by atoms with Gasteiger partial charge in [0, 0.05) is 19.5 Å². The number of nitrogens with zero attached hydrogens (tertiary/aromatic N) is 1. The van der Waals surface area contributed by atoms with E-state index in [-0.39, 0.29) is 12.7 Å². The lowest BCUT2D eigenvalue weighted by Gasteiger charge is -2.12. The highest BCUT2D eigenvalue weighted by Gasteiger charge is 2.21. The molecule has 0 bridgehead atoms. The number of ether oxygens (including phenoxy) is 1. The fourth-order valence-corrected chi connectivity index (χ4v) is 2.06. The van der Waals surface area contributed by atoms with Crippen LogP contribution in [0.5, 0.6) is 5.75 Å². The molecule has 0 saturated carbocycles. The molecule has 0 fully saturated rings. The predicted octanol–water partition coefficient (Wildman–Crippen LogP) is 0.537. The Morgan fingerprint density at radius 3 is 3.00 bits per heavy atom. The highest BCUT2D eigenvalue weighted by Crippen LogP contribution is 2.27. The van der Waals surface area contributed by atoms with E-state index in [4.69, 9.17) is 9.84 Å². The van der Waals surface area contributed by atoms with Crippen LogP contribution in [-0.4, -0.2) is 43.4 Å². The van der Waals surface area contributed by atoms with Gasteiger partial charge in [0.1, 0.15) is 11.9 Å². The van der Waals surface area contributed by atoms with Crippen LogP contribution in [0, 0.1) is 0 Å². The smallest absolute Gasteiger partial charge is 0.191 e. The molecular weight excluding hydrogens is 242 g/mol. The molecule has 5 heteroatoms. The minimum absolute atomic E-state index is 0.0930. The van der Waals surface area contributed by atoms with Gasteiger partial charge < -0.3 is 20.5 Å². The number of aliphatic imine (C=N–C) groups is 1. The summed E-state index contributed by atoms with van der Waals surface area (Å²) < 4.78 is 5.83. The van der Waals surface area contributed by atoms with Gasteiger partial charge in [0.2, 0.25) is 0 Å². The molecule has 0 amide bonds. The minimum atomic E-state index is 0.0930. The number of aliphatic hydroxyl groups is 1. The standard InChI is InChI=1S/C14H21N3O2/c1-2-15-14(16-7-8-18)17-10-12-9-11-5-3-4-6-13(11)19-12/h3-6,12,18H,2,7-10H2,1H3,(H2,15,16,17). The van der Waals surface area contributed by atoms with Crippen molar-refractivity contribution in [3.63, 3.8) is 0 Å². The Kier molecular flexibility index (Phi) is 5.03. The number of benzene rings is 1. The maximum absolute atomic E-state index is 8.81. The lowest BCUT2D eigenvalue weighted by molar-refractivity contribution is 0.241. The number of nitrogens with one attached hydrogen (secondary N) is 2. The van der Waals surface area contributed by atoms with Crippen LogP contribution in [0.25, 0.3) is 0 Å². The van der Waals surface area contributed by atoms with E-state index in [9.17, 15) is 0 Å². The van der Waals surface area contributed by atoms with Crippen LogP contribution in [0.1, 0.15) is 12.5 Å². The second kappa shape index (κ2) is 6.99. The van der Waals surface area contributed by atoms with Crippen LogP contribution >= 0.6 is 0 Å². The zero-order valence-electron chi connectivity index (χ0n) is 11.2. The van der Waals surface area contributed by atoms with Gasteiger partial charge in [-0.3, -0.25) is 0 Å². The van der Waals surface area contributed by atoms with Crippen molar-refractivity contribution in [2.75, 3.05) is 26.2 Å². The summed E-state index contributed by atoms with van der Waals surface area (Å²) in [6.07, 6.45) is 1.00. The predicted molar refractivity (Wildman–Crippen MR) is 75.6 cm³/mol. The van der Waals surface area contributed by atoms with Crippen LogP contribution in [0.3, 0.4) is 0 Å². The van der Waals surface area contributed by atoms with E-state index in [1.807, 2.05) is 25.1 Å². The summed E-state index contributed by atoms with van der Waals surface area (Å²) in [5.41, 5.74) is 1.25. The van der Waals surface area contributed by atoms with Crippen molar-refractivity contribution in [2.45, 2.75) is 19.4 Å². The van der Waals surface area contributed by atoms with Crippen molar-refractivity contribution >= 4 is 5.96 Å². The van der Waals surface area contributed by atoms with Crippen LogP contribution in [0.15, 0.2) is 29.3 Å². The van der Waals surface area contributed by atoms with E-state index in [2.05, 4.69) is 21.7 Å². The summed E-state index contributed by atoms with van der Waals surface area (Å²) in [4.78, 5) is 4.47. The van der Waals surface area contributed by atoms with E-state index in [1.54, 1.807) is 0 Å². The van der Waals surface area contributed by atoms with Crippen LogP contribution in [0.2, 0.25) is 0 Å². The first kappa shape index (κ1) is 13.7. The fourth-order valence-electron chi connectivity index (χ4n) is 2.06. The molecule has 0 saturated heterocycles. The molecule has 5 nitrogen and oxygen atoms in total. The molecule has 0 radical (unpaired) electrons. The first-order chi connectivity index (χ1) is 9.33. The maximum atomic E-state index is 8.81. The van der Waals surface area contributed by atoms with E-state index in [1.165, 1.54) is 5.56 Å². The Hall–Kier alpha value is -1.75. The third-order valence-electron chi connectivity index (χ3n) is 2.92. The SMILES string of the molecule is CCNC(=NCC1Cc2ccccc2O1)NCCO. The average Bonchev–Trinajstić information content (AvgIpc) is 2.84. The number of hydrogen-bond acceptors (Lipinski definition) is 3. The Balaban J connectivity index is 1.87. The number of hydrogen-bond donors (Lipinski definition) is 3. The number of rotatable bonds is 5. The molecule has 1 heterocycles. The Morgan fingerprint density at radius 1 is 1.42 bits per heavy atom. The van der Waals surface area contributed by atoms with Gasteiger partial charge in [-0.15, -0.1) is 0 Å². The van der Waals surface area contributed by atoms with Gasteiger partial charge in [-0.25, -0.2) is 4.99 Å². The van der Waals surface area contributed by atoms with Crippen LogP contribution in [0.4, 0.5) is 0 Å². The summed E-state index contributed by atoms with van der Waals surface area (Å²) in [5, 5.41) is 15.0. The quantitative estimate of drug-likeness (QED) is 0.536. The normalized spacial score (nSPS) is 17.8. The summed E-state index contributed by atoms with van der Waals surface area (Å²) in [6.45, 7) is 4.00. The summed E-state index contributed by atoms with van der Waals surface area (Å²) >= 11 is 0. The molecule has 3 N–H and O–H groups in total. The molecule has 0 spiro atoms. The van der Waals surface area contributed by atoms with Gasteiger partial charge >= 0.3 is 0 Å². The highest BCUT2D eigenvalue weighted by molar-refractivity contribution is 5.79. The lowest BCUT2D eigenvalue weighted by atomic mass is 10.1. The second-order valence-electron chi connectivity index (χ2n) is 4.42. The van der Waals surface area contributed by atoms with E-state index < -0.39 is 0 Å². The molecule has 1 aliphatic rings. The summed E-state index contributed by atoms with van der Waals surface area (Å²) in [7, 11) is 0. The lowest BCUT2D eigenvalue weighted by Crippen LogP contribution is -2.39. The Bertz CT molecular complexity index is 409. The molecule has 1 aromatic carbocycles. The van der Waals surface area contributed by atoms with E-state index >= 15 is 0 Å². The van der Waals surface area contributed by atoms with E-state index in [0.717, 1.165) is 24.7 Å². The van der Waals surface area contributed by atoms with Crippen molar-refractivity contribution in [3.8, 4) is 5.75 Å². The van der Waals surface area contributed by atoms with Crippen molar-refractivity contribution in [3.05, 3.63) is 29.8 Å². The first-order valence-electron chi connectivity index (χ1n) is 6.71. The number of guanidine groups is 1. The summed E-state index contributed by atoms with van der Waals surface area (Å²) in [5.74, 6) is 1.69. The van der Waals surface area contributed by atoms with Gasteiger partial charge in [-0.2, -0.15) is 0 Å². The minimum Gasteiger partial charge on any atom is -0.488 e. The van der Waals surface area contributed by atoms with Crippen molar-refractivity contribution in [1.29, 1.82) is 0 Å². The zero-order chi connectivity index (χ0) is 13.5. The monoisotopic (exact) mass is 263 g/mol. The molecule has 1 unspecified atom stereocenters. The molecule has 104 valence electrons. The molecular formula is C14H21N3O2. The van der Waals surface area contributed by atoms with Crippen molar-refractivity contribution in [1.82, 2.24) is 10.6 Å². The zero-order valence-corrected chi connectivity index (χ0v) is 11.2. The second-order valence-corrected chi connectivity index (χ2v) is 4.42. The Morgan fingerprint density at radius 2 is 2.26 bits per heavy atom. The number of fused-ring (bicyclic) bond motifs is 1. The molecule has 2 rings (SSSR count). The molecule has 0 aromatic heterocycles. The average molecular weight is 263 g/mol. The molecule has 0 aliphatic carbocycles. The van der Waals surface area contributed by atoms with Crippen molar-refractivity contribution in [2.24, 2.45) is 4.99 Å². The first-order valence-corrected chi connectivity index (χ1v) is 6.71. The molecule has 1 atom stereocenters. The number of aliphatic hydroxyl groups excluding tert-OH is 1. The Labute approximate surface area is 113 Å². The largest absolute Gasteiger partial charge is 0.488 e. The van der Waals surface area contributed by atoms with Gasteiger partial charge in [-0.05, 0) is 18.6 Å². The van der Waals surface area contributed by atoms with Crippen LogP contribution < -0.4 is 15.4 Å². The molecule has 19 heavy (non-hydrogen) atoms. The molecule has 1 aliphatic heterocycles. The maximum Gasteiger partial charge on any atom is 0.191 e. The fraction of sp³-hybridized carbons (Fsp3) is 0.500. The van der Waals surface area contributed by atoms with Gasteiger partial charge in [0.15, 0.2) is 5.96 Å². The van der Waals surface area contributed by atoms with Gasteiger partial charge in [-0.1, -0.05) is 18.2 Å². The molecule has 1 aromatic rings.